The molecule has 4 heteroatoms. The quantitative estimate of drug-likeness (QED) is 0.763. The van der Waals surface area contributed by atoms with Crippen LogP contribution in [0.3, 0.4) is 0 Å². The van der Waals surface area contributed by atoms with Gasteiger partial charge < -0.3 is 10.5 Å². The Morgan fingerprint density at radius 3 is 2.50 bits per heavy atom. The van der Waals surface area contributed by atoms with Gasteiger partial charge in [0.05, 0.1) is 12.3 Å². The smallest absolute Gasteiger partial charge is 0.168 e. The number of hydrogen-bond acceptors (Lipinski definition) is 2. The van der Waals surface area contributed by atoms with Crippen LogP contribution in [-0.4, -0.2) is 6.61 Å². The van der Waals surface area contributed by atoms with Gasteiger partial charge in [0, 0.05) is 12.1 Å². The van der Waals surface area contributed by atoms with E-state index in [4.69, 9.17) is 10.5 Å². The number of rotatable bonds is 3. The van der Waals surface area contributed by atoms with E-state index >= 15 is 0 Å². The highest BCUT2D eigenvalue weighted by Gasteiger charge is 2.09. The third-order valence-electron chi connectivity index (χ3n) is 1.62. The van der Waals surface area contributed by atoms with Crippen LogP contribution in [0.15, 0.2) is 12.1 Å². The van der Waals surface area contributed by atoms with Crippen LogP contribution in [0.1, 0.15) is 13.8 Å². The largest absolute Gasteiger partial charge is 0.490 e. The van der Waals surface area contributed by atoms with Crippen molar-refractivity contribution in [1.29, 1.82) is 0 Å². The maximum absolute atomic E-state index is 13.1. The summed E-state index contributed by atoms with van der Waals surface area (Å²) in [5.41, 5.74) is 5.17. The number of benzene rings is 1. The Morgan fingerprint density at radius 2 is 1.93 bits per heavy atom. The van der Waals surface area contributed by atoms with Crippen molar-refractivity contribution in [1.82, 2.24) is 0 Å². The minimum absolute atomic E-state index is 0.00222. The van der Waals surface area contributed by atoms with Crippen molar-refractivity contribution in [2.75, 3.05) is 12.3 Å². The van der Waals surface area contributed by atoms with Gasteiger partial charge in [0.15, 0.2) is 11.6 Å². The standard InChI is InChI=1S/C10H13F2NO/c1-6(2)5-14-10-4-9(13)7(11)3-8(10)12/h3-4,6H,5,13H2,1-2H3. The van der Waals surface area contributed by atoms with Crippen molar-refractivity contribution in [2.24, 2.45) is 5.92 Å². The monoisotopic (exact) mass is 201 g/mol. The molecule has 2 nitrogen and oxygen atoms in total. The first kappa shape index (κ1) is 10.8. The highest BCUT2D eigenvalue weighted by atomic mass is 19.1. The van der Waals surface area contributed by atoms with E-state index in [2.05, 4.69) is 0 Å². The molecule has 0 radical (unpaired) electrons. The summed E-state index contributed by atoms with van der Waals surface area (Å²) in [5, 5.41) is 0. The van der Waals surface area contributed by atoms with Crippen LogP contribution in [-0.2, 0) is 0 Å². The van der Waals surface area contributed by atoms with Crippen LogP contribution >= 0.6 is 0 Å². The van der Waals surface area contributed by atoms with Crippen LogP contribution in [0.25, 0.3) is 0 Å². The topological polar surface area (TPSA) is 35.2 Å². The number of nitrogen functional groups attached to an aromatic ring is 1. The molecular weight excluding hydrogens is 188 g/mol. The minimum Gasteiger partial charge on any atom is -0.490 e. The first-order chi connectivity index (χ1) is 6.50. The van der Waals surface area contributed by atoms with Gasteiger partial charge >= 0.3 is 0 Å². The van der Waals surface area contributed by atoms with Gasteiger partial charge in [-0.3, -0.25) is 0 Å². The van der Waals surface area contributed by atoms with Gasteiger partial charge in [0.1, 0.15) is 5.82 Å². The fourth-order valence-corrected chi connectivity index (χ4v) is 0.912. The number of nitrogens with two attached hydrogens (primary N) is 1. The minimum atomic E-state index is -0.764. The number of hydrogen-bond donors (Lipinski definition) is 1. The molecule has 1 aromatic rings. The molecule has 0 aliphatic rings. The molecule has 14 heavy (non-hydrogen) atoms. The van der Waals surface area contributed by atoms with Crippen LogP contribution in [0.4, 0.5) is 14.5 Å². The molecule has 0 aliphatic heterocycles. The second kappa shape index (κ2) is 4.26. The average Bonchev–Trinajstić information content (AvgIpc) is 2.09. The van der Waals surface area contributed by atoms with Gasteiger partial charge in [-0.25, -0.2) is 8.78 Å². The van der Waals surface area contributed by atoms with E-state index in [0.29, 0.717) is 6.61 Å². The Bertz CT molecular complexity index is 326. The van der Waals surface area contributed by atoms with E-state index in [-0.39, 0.29) is 17.4 Å². The Balaban J connectivity index is 2.82. The van der Waals surface area contributed by atoms with E-state index < -0.39 is 11.6 Å². The molecule has 0 amide bonds. The molecule has 0 fully saturated rings. The molecule has 78 valence electrons. The summed E-state index contributed by atoms with van der Waals surface area (Å²) in [5.74, 6) is -1.21. The molecule has 0 bridgehead atoms. The molecule has 0 spiro atoms. The zero-order valence-electron chi connectivity index (χ0n) is 8.18. The van der Waals surface area contributed by atoms with Gasteiger partial charge in [0.2, 0.25) is 0 Å². The Hall–Kier alpha value is -1.32. The van der Waals surface area contributed by atoms with Crippen molar-refractivity contribution in [3.8, 4) is 5.75 Å². The third kappa shape index (κ3) is 2.58. The van der Waals surface area contributed by atoms with Gasteiger partial charge in [-0.05, 0) is 5.92 Å². The Morgan fingerprint density at radius 1 is 1.29 bits per heavy atom. The molecule has 0 aliphatic carbocycles. The Labute approximate surface area is 81.7 Å². The highest BCUT2D eigenvalue weighted by molar-refractivity contribution is 5.46. The summed E-state index contributed by atoms with van der Waals surface area (Å²) in [4.78, 5) is 0. The molecule has 0 heterocycles. The molecule has 0 saturated heterocycles. The van der Waals surface area contributed by atoms with Crippen molar-refractivity contribution in [3.05, 3.63) is 23.8 Å². The summed E-state index contributed by atoms with van der Waals surface area (Å²) >= 11 is 0. The molecule has 0 saturated carbocycles. The van der Waals surface area contributed by atoms with E-state index in [0.717, 1.165) is 12.1 Å². The summed E-state index contributed by atoms with van der Waals surface area (Å²) in [6.07, 6.45) is 0. The summed E-state index contributed by atoms with van der Waals surface area (Å²) < 4.78 is 30.9. The highest BCUT2D eigenvalue weighted by Crippen LogP contribution is 2.23. The van der Waals surface area contributed by atoms with Gasteiger partial charge in [-0.15, -0.1) is 0 Å². The van der Waals surface area contributed by atoms with E-state index in [9.17, 15) is 8.78 Å². The van der Waals surface area contributed by atoms with Crippen LogP contribution in [0.5, 0.6) is 5.75 Å². The lowest BCUT2D eigenvalue weighted by Crippen LogP contribution is -2.06. The van der Waals surface area contributed by atoms with Crippen LogP contribution in [0, 0.1) is 17.6 Å². The lowest BCUT2D eigenvalue weighted by atomic mass is 10.2. The van der Waals surface area contributed by atoms with Gasteiger partial charge in [-0.2, -0.15) is 0 Å². The van der Waals surface area contributed by atoms with Crippen LogP contribution < -0.4 is 10.5 Å². The zero-order valence-corrected chi connectivity index (χ0v) is 8.18. The first-order valence-corrected chi connectivity index (χ1v) is 4.38. The molecule has 1 rings (SSSR count). The summed E-state index contributed by atoms with van der Waals surface area (Å²) in [6.45, 7) is 4.25. The first-order valence-electron chi connectivity index (χ1n) is 4.38. The molecule has 0 unspecified atom stereocenters. The fraction of sp³-hybridized carbons (Fsp3) is 0.400. The fourth-order valence-electron chi connectivity index (χ4n) is 0.912. The molecule has 1 aromatic carbocycles. The summed E-state index contributed by atoms with van der Waals surface area (Å²) in [6, 6.07) is 1.89. The maximum Gasteiger partial charge on any atom is 0.168 e. The molecule has 0 aromatic heterocycles. The zero-order chi connectivity index (χ0) is 10.7. The predicted molar refractivity (Wildman–Crippen MR) is 51.1 cm³/mol. The molecule has 2 N–H and O–H groups in total. The van der Waals surface area contributed by atoms with E-state index in [1.54, 1.807) is 0 Å². The predicted octanol–water partition coefficient (Wildman–Crippen LogP) is 2.58. The van der Waals surface area contributed by atoms with Crippen LogP contribution in [0.2, 0.25) is 0 Å². The normalized spacial score (nSPS) is 10.6. The number of ether oxygens (including phenoxy) is 1. The lowest BCUT2D eigenvalue weighted by Gasteiger charge is -2.10. The third-order valence-corrected chi connectivity index (χ3v) is 1.62. The summed E-state index contributed by atoms with van der Waals surface area (Å²) in [7, 11) is 0. The van der Waals surface area contributed by atoms with Crippen molar-refractivity contribution < 1.29 is 13.5 Å². The van der Waals surface area contributed by atoms with Crippen molar-refractivity contribution >= 4 is 5.69 Å². The maximum atomic E-state index is 13.1. The Kier molecular flexibility index (Phi) is 3.28. The molecule has 0 atom stereocenters. The second-order valence-corrected chi connectivity index (χ2v) is 3.51. The number of halogens is 2. The van der Waals surface area contributed by atoms with E-state index in [1.807, 2.05) is 13.8 Å². The van der Waals surface area contributed by atoms with Crippen molar-refractivity contribution in [2.45, 2.75) is 13.8 Å². The molecular formula is C10H13F2NO. The van der Waals surface area contributed by atoms with Crippen molar-refractivity contribution in [3.63, 3.8) is 0 Å². The average molecular weight is 201 g/mol. The second-order valence-electron chi connectivity index (χ2n) is 3.51. The van der Waals surface area contributed by atoms with Gasteiger partial charge in [-0.1, -0.05) is 13.8 Å². The SMILES string of the molecule is CC(C)COc1cc(N)c(F)cc1F. The van der Waals surface area contributed by atoms with Gasteiger partial charge in [0.25, 0.3) is 0 Å². The van der Waals surface area contributed by atoms with E-state index in [1.165, 1.54) is 0 Å². The lowest BCUT2D eigenvalue weighted by molar-refractivity contribution is 0.259. The number of anilines is 1.